The molecule has 0 unspecified atom stereocenters. The molecule has 1 N–H and O–H groups in total. The number of benzene rings is 2. The van der Waals surface area contributed by atoms with Gasteiger partial charge in [0.05, 0.1) is 31.9 Å². The first kappa shape index (κ1) is 22.0. The maximum atomic E-state index is 13.3. The van der Waals surface area contributed by atoms with Crippen molar-refractivity contribution in [2.24, 2.45) is 0 Å². The predicted molar refractivity (Wildman–Crippen MR) is 107 cm³/mol. The number of sulfonamides is 1. The van der Waals surface area contributed by atoms with Crippen molar-refractivity contribution in [3.63, 3.8) is 0 Å². The summed E-state index contributed by atoms with van der Waals surface area (Å²) < 4.78 is 42.6. The van der Waals surface area contributed by atoms with Gasteiger partial charge < -0.3 is 19.5 Å². The van der Waals surface area contributed by atoms with E-state index >= 15 is 0 Å². The molecule has 29 heavy (non-hydrogen) atoms. The Morgan fingerprint density at radius 3 is 2.17 bits per heavy atom. The topological polar surface area (TPSA) is 111 Å². The van der Waals surface area contributed by atoms with Gasteiger partial charge in [0.2, 0.25) is 5.91 Å². The van der Waals surface area contributed by atoms with E-state index in [1.54, 1.807) is 6.07 Å². The molecule has 0 aliphatic carbocycles. The lowest BCUT2D eigenvalue weighted by Gasteiger charge is -2.25. The number of hydrogen-bond acceptors (Lipinski definition) is 7. The van der Waals surface area contributed by atoms with Crippen LogP contribution in [-0.2, 0) is 24.3 Å². The van der Waals surface area contributed by atoms with E-state index in [9.17, 15) is 18.0 Å². The monoisotopic (exact) mass is 422 g/mol. The third-order valence-electron chi connectivity index (χ3n) is 3.92. The van der Waals surface area contributed by atoms with Crippen molar-refractivity contribution in [3.8, 4) is 11.5 Å². The summed E-state index contributed by atoms with van der Waals surface area (Å²) in [6.45, 7) is 0.771. The third kappa shape index (κ3) is 5.17. The van der Waals surface area contributed by atoms with Gasteiger partial charge in [-0.3, -0.25) is 13.9 Å². The molecule has 0 bridgehead atoms. The Hall–Kier alpha value is -3.27. The summed E-state index contributed by atoms with van der Waals surface area (Å²) >= 11 is 0. The summed E-state index contributed by atoms with van der Waals surface area (Å²) in [6, 6.07) is 10.2. The SMILES string of the molecule is COC(=O)CN(c1cc(OC)ccc1OC)S(=O)(=O)c1ccc(NC(C)=O)cc1. The molecule has 0 spiro atoms. The van der Waals surface area contributed by atoms with Gasteiger partial charge in [-0.1, -0.05) is 0 Å². The second-order valence-electron chi connectivity index (χ2n) is 5.83. The van der Waals surface area contributed by atoms with Gasteiger partial charge in [0.15, 0.2) is 0 Å². The summed E-state index contributed by atoms with van der Waals surface area (Å²) in [5.41, 5.74) is 0.554. The van der Waals surface area contributed by atoms with E-state index in [0.29, 0.717) is 11.4 Å². The van der Waals surface area contributed by atoms with Gasteiger partial charge in [0, 0.05) is 18.7 Å². The van der Waals surface area contributed by atoms with Crippen molar-refractivity contribution in [1.29, 1.82) is 0 Å². The van der Waals surface area contributed by atoms with E-state index in [0.717, 1.165) is 11.4 Å². The van der Waals surface area contributed by atoms with E-state index < -0.39 is 22.5 Å². The maximum absolute atomic E-state index is 13.3. The zero-order valence-electron chi connectivity index (χ0n) is 16.5. The summed E-state index contributed by atoms with van der Waals surface area (Å²) in [5, 5.41) is 2.56. The van der Waals surface area contributed by atoms with Crippen LogP contribution in [0.4, 0.5) is 11.4 Å². The number of carbonyl (C=O) groups excluding carboxylic acids is 2. The molecule has 0 saturated carbocycles. The van der Waals surface area contributed by atoms with E-state index in [2.05, 4.69) is 10.1 Å². The van der Waals surface area contributed by atoms with Crippen molar-refractivity contribution in [3.05, 3.63) is 42.5 Å². The van der Waals surface area contributed by atoms with Gasteiger partial charge in [-0.05, 0) is 36.4 Å². The lowest BCUT2D eigenvalue weighted by Crippen LogP contribution is -2.36. The molecule has 0 aromatic heterocycles. The number of amides is 1. The molecular formula is C19H22N2O7S. The molecule has 0 fully saturated rings. The van der Waals surface area contributed by atoms with Crippen LogP contribution in [0.25, 0.3) is 0 Å². The zero-order chi connectivity index (χ0) is 21.6. The summed E-state index contributed by atoms with van der Waals surface area (Å²) in [4.78, 5) is 23.0. The smallest absolute Gasteiger partial charge is 0.326 e. The average molecular weight is 422 g/mol. The van der Waals surface area contributed by atoms with Crippen LogP contribution in [-0.4, -0.2) is 48.2 Å². The number of rotatable bonds is 8. The van der Waals surface area contributed by atoms with Crippen LogP contribution < -0.4 is 19.1 Å². The van der Waals surface area contributed by atoms with Crippen molar-refractivity contribution >= 4 is 33.3 Å². The number of ether oxygens (including phenoxy) is 3. The van der Waals surface area contributed by atoms with Gasteiger partial charge in [0.25, 0.3) is 10.0 Å². The normalized spacial score (nSPS) is 10.8. The lowest BCUT2D eigenvalue weighted by atomic mass is 10.2. The minimum Gasteiger partial charge on any atom is -0.497 e. The number of esters is 1. The second-order valence-corrected chi connectivity index (χ2v) is 7.69. The standard InChI is InChI=1S/C19H22N2O7S/c1-13(22)20-14-5-8-16(9-6-14)29(24,25)21(12-19(23)28-4)17-11-15(26-2)7-10-18(17)27-3/h5-11H,12H2,1-4H3,(H,20,22). The fourth-order valence-electron chi connectivity index (χ4n) is 2.51. The minimum atomic E-state index is -4.18. The van der Waals surface area contributed by atoms with E-state index in [1.807, 2.05) is 0 Å². The van der Waals surface area contributed by atoms with Crippen LogP contribution in [0.15, 0.2) is 47.4 Å². The van der Waals surface area contributed by atoms with Crippen LogP contribution in [0, 0.1) is 0 Å². The molecule has 0 aliphatic heterocycles. The molecule has 0 aliphatic rings. The Kier molecular flexibility index (Phi) is 7.05. The van der Waals surface area contributed by atoms with Gasteiger partial charge in [-0.2, -0.15) is 0 Å². The van der Waals surface area contributed by atoms with Crippen LogP contribution >= 0.6 is 0 Å². The Morgan fingerprint density at radius 2 is 1.66 bits per heavy atom. The van der Waals surface area contributed by atoms with Crippen LogP contribution in [0.1, 0.15) is 6.92 Å². The average Bonchev–Trinajstić information content (AvgIpc) is 2.71. The molecule has 9 nitrogen and oxygen atoms in total. The first-order valence-corrected chi connectivity index (χ1v) is 9.86. The summed E-state index contributed by atoms with van der Waals surface area (Å²) in [6.07, 6.45) is 0. The Bertz CT molecular complexity index is 988. The van der Waals surface area contributed by atoms with Crippen LogP contribution in [0.5, 0.6) is 11.5 Å². The number of anilines is 2. The molecule has 0 heterocycles. The fourth-order valence-corrected chi connectivity index (χ4v) is 3.93. The van der Waals surface area contributed by atoms with E-state index in [-0.39, 0.29) is 22.2 Å². The highest BCUT2D eigenvalue weighted by Crippen LogP contribution is 2.35. The Morgan fingerprint density at radius 1 is 1.00 bits per heavy atom. The first-order chi connectivity index (χ1) is 13.7. The summed E-state index contributed by atoms with van der Waals surface area (Å²) in [7, 11) is -0.192. The van der Waals surface area contributed by atoms with Crippen molar-refractivity contribution in [2.75, 3.05) is 37.5 Å². The Balaban J connectivity index is 2.57. The quantitative estimate of drug-likeness (QED) is 0.648. The number of methoxy groups -OCH3 is 3. The first-order valence-electron chi connectivity index (χ1n) is 8.42. The molecule has 0 radical (unpaired) electrons. The highest BCUT2D eigenvalue weighted by molar-refractivity contribution is 7.92. The molecule has 0 saturated heterocycles. The number of hydrogen-bond donors (Lipinski definition) is 1. The zero-order valence-corrected chi connectivity index (χ0v) is 17.3. The molecule has 156 valence electrons. The number of nitrogens with one attached hydrogen (secondary N) is 1. The van der Waals surface area contributed by atoms with E-state index in [1.165, 1.54) is 57.5 Å². The second kappa shape index (κ2) is 9.28. The number of carbonyl (C=O) groups is 2. The molecule has 2 aromatic carbocycles. The molecule has 2 aromatic rings. The van der Waals surface area contributed by atoms with Gasteiger partial charge >= 0.3 is 5.97 Å². The van der Waals surface area contributed by atoms with Gasteiger partial charge in [-0.15, -0.1) is 0 Å². The van der Waals surface area contributed by atoms with Crippen molar-refractivity contribution in [2.45, 2.75) is 11.8 Å². The highest BCUT2D eigenvalue weighted by Gasteiger charge is 2.30. The fraction of sp³-hybridized carbons (Fsp3) is 0.263. The van der Waals surface area contributed by atoms with Crippen molar-refractivity contribution < 1.29 is 32.2 Å². The van der Waals surface area contributed by atoms with Gasteiger partial charge in [0.1, 0.15) is 18.0 Å². The van der Waals surface area contributed by atoms with Gasteiger partial charge in [-0.25, -0.2) is 8.42 Å². The third-order valence-corrected chi connectivity index (χ3v) is 5.69. The molecular weight excluding hydrogens is 400 g/mol. The summed E-state index contributed by atoms with van der Waals surface area (Å²) in [5.74, 6) is -0.428. The molecule has 10 heteroatoms. The molecule has 2 rings (SSSR count). The van der Waals surface area contributed by atoms with Crippen LogP contribution in [0.2, 0.25) is 0 Å². The van der Waals surface area contributed by atoms with Crippen molar-refractivity contribution in [1.82, 2.24) is 0 Å². The minimum absolute atomic E-state index is 0.0830. The Labute approximate surface area is 169 Å². The lowest BCUT2D eigenvalue weighted by molar-refractivity contribution is -0.138. The largest absolute Gasteiger partial charge is 0.497 e. The number of nitrogens with zero attached hydrogens (tertiary/aromatic N) is 1. The molecule has 0 atom stereocenters. The maximum Gasteiger partial charge on any atom is 0.326 e. The van der Waals surface area contributed by atoms with Crippen LogP contribution in [0.3, 0.4) is 0 Å². The molecule has 1 amide bonds. The predicted octanol–water partition coefficient (Wildman–Crippen LogP) is 2.03. The van der Waals surface area contributed by atoms with E-state index in [4.69, 9.17) is 9.47 Å². The highest BCUT2D eigenvalue weighted by atomic mass is 32.2.